The molecule has 1 amide bonds. The van der Waals surface area contributed by atoms with Crippen molar-refractivity contribution in [1.29, 1.82) is 0 Å². The van der Waals surface area contributed by atoms with Crippen molar-refractivity contribution >= 4 is 23.5 Å². The van der Waals surface area contributed by atoms with Crippen LogP contribution in [-0.4, -0.2) is 30.2 Å². The van der Waals surface area contributed by atoms with Gasteiger partial charge < -0.3 is 15.2 Å². The lowest BCUT2D eigenvalue weighted by Crippen LogP contribution is -2.35. The number of amides is 1. The summed E-state index contributed by atoms with van der Waals surface area (Å²) in [6.45, 7) is 1.23. The number of carbonyl (C=O) groups is 2. The molecule has 0 bridgehead atoms. The van der Waals surface area contributed by atoms with Gasteiger partial charge in [-0.2, -0.15) is 0 Å². The van der Waals surface area contributed by atoms with Gasteiger partial charge in [0.1, 0.15) is 5.82 Å². The van der Waals surface area contributed by atoms with E-state index in [4.69, 9.17) is 16.3 Å². The number of carboxylic acid groups (broad SMARTS) is 1. The fourth-order valence-corrected chi connectivity index (χ4v) is 2.53. The van der Waals surface area contributed by atoms with E-state index in [1.165, 1.54) is 12.1 Å². The second-order valence-electron chi connectivity index (χ2n) is 5.27. The van der Waals surface area contributed by atoms with Crippen molar-refractivity contribution in [1.82, 2.24) is 5.32 Å². The zero-order valence-electron chi connectivity index (χ0n) is 11.9. The minimum Gasteiger partial charge on any atom is -0.479 e. The molecular formula is C15H17ClFNO4. The molecule has 2 rings (SSSR count). The molecule has 0 saturated carbocycles. The van der Waals surface area contributed by atoms with E-state index in [1.54, 1.807) is 0 Å². The first-order valence-corrected chi connectivity index (χ1v) is 7.40. The maximum Gasteiger partial charge on any atom is 0.330 e. The Hall–Kier alpha value is -1.66. The lowest BCUT2D eigenvalue weighted by Gasteiger charge is -2.22. The molecule has 1 aliphatic heterocycles. The van der Waals surface area contributed by atoms with Crippen LogP contribution < -0.4 is 5.32 Å². The van der Waals surface area contributed by atoms with Gasteiger partial charge in [0, 0.05) is 19.6 Å². The molecule has 1 saturated heterocycles. The van der Waals surface area contributed by atoms with E-state index in [0.29, 0.717) is 13.2 Å². The molecule has 1 heterocycles. The molecular weight excluding hydrogens is 313 g/mol. The summed E-state index contributed by atoms with van der Waals surface area (Å²) in [6.07, 6.45) is 1.80. The Bertz CT molecular complexity index is 560. The Morgan fingerprint density at radius 2 is 2.09 bits per heavy atom. The average molecular weight is 330 g/mol. The number of carboxylic acids is 1. The number of halogens is 2. The van der Waals surface area contributed by atoms with Crippen molar-refractivity contribution in [3.8, 4) is 0 Å². The highest BCUT2D eigenvalue weighted by Crippen LogP contribution is 2.22. The van der Waals surface area contributed by atoms with E-state index < -0.39 is 17.8 Å². The molecule has 0 radical (unpaired) electrons. The molecule has 120 valence electrons. The Balaban J connectivity index is 2.03. The van der Waals surface area contributed by atoms with Crippen LogP contribution in [0.4, 0.5) is 4.39 Å². The van der Waals surface area contributed by atoms with Crippen molar-refractivity contribution in [3.05, 3.63) is 34.6 Å². The van der Waals surface area contributed by atoms with Crippen LogP contribution in [0.25, 0.3) is 0 Å². The number of ether oxygens (including phenoxy) is 1. The van der Waals surface area contributed by atoms with Crippen molar-refractivity contribution < 1.29 is 23.8 Å². The predicted molar refractivity (Wildman–Crippen MR) is 78.1 cm³/mol. The number of hydrogen-bond acceptors (Lipinski definition) is 3. The number of carbonyl (C=O) groups excluding carboxylic acids is 1. The summed E-state index contributed by atoms with van der Waals surface area (Å²) in [5, 5.41) is 11.6. The summed E-state index contributed by atoms with van der Waals surface area (Å²) in [7, 11) is 0. The van der Waals surface area contributed by atoms with Crippen molar-refractivity contribution in [2.24, 2.45) is 5.92 Å². The topological polar surface area (TPSA) is 75.6 Å². The average Bonchev–Trinajstić information content (AvgIpc) is 2.48. The van der Waals surface area contributed by atoms with Crippen LogP contribution in [-0.2, 0) is 14.3 Å². The highest BCUT2D eigenvalue weighted by Gasteiger charge is 2.25. The molecule has 1 aliphatic rings. The smallest absolute Gasteiger partial charge is 0.330 e. The first-order chi connectivity index (χ1) is 10.5. The van der Waals surface area contributed by atoms with Crippen LogP contribution in [0.3, 0.4) is 0 Å². The third kappa shape index (κ3) is 4.42. The highest BCUT2D eigenvalue weighted by atomic mass is 35.5. The Labute approximate surface area is 132 Å². The largest absolute Gasteiger partial charge is 0.479 e. The van der Waals surface area contributed by atoms with E-state index in [0.717, 1.165) is 18.9 Å². The molecule has 1 aromatic carbocycles. The zero-order chi connectivity index (χ0) is 16.1. The molecule has 7 heteroatoms. The second kappa shape index (κ2) is 7.56. The van der Waals surface area contributed by atoms with Gasteiger partial charge in [-0.05, 0) is 36.5 Å². The summed E-state index contributed by atoms with van der Waals surface area (Å²) < 4.78 is 18.7. The molecule has 1 aromatic rings. The standard InChI is InChI=1S/C15H17ClFNO4/c16-11-2-1-10(8-12(11)17)14(15(20)21)18-13(19)7-9-3-5-22-6-4-9/h1-2,8-9,14H,3-7H2,(H,18,19)(H,20,21). The molecule has 1 fully saturated rings. The second-order valence-corrected chi connectivity index (χ2v) is 5.68. The van der Waals surface area contributed by atoms with Gasteiger partial charge in [-0.3, -0.25) is 4.79 Å². The van der Waals surface area contributed by atoms with Gasteiger partial charge in [0.05, 0.1) is 5.02 Å². The van der Waals surface area contributed by atoms with Crippen LogP contribution in [0.5, 0.6) is 0 Å². The van der Waals surface area contributed by atoms with Gasteiger partial charge in [-0.25, -0.2) is 9.18 Å². The minimum absolute atomic E-state index is 0.0959. The fraction of sp³-hybridized carbons (Fsp3) is 0.467. The van der Waals surface area contributed by atoms with Crippen molar-refractivity contribution in [3.63, 3.8) is 0 Å². The summed E-state index contributed by atoms with van der Waals surface area (Å²) in [5.74, 6) is -2.15. The van der Waals surface area contributed by atoms with Crippen LogP contribution in [0.1, 0.15) is 30.9 Å². The zero-order valence-corrected chi connectivity index (χ0v) is 12.6. The highest BCUT2D eigenvalue weighted by molar-refractivity contribution is 6.30. The summed E-state index contributed by atoms with van der Waals surface area (Å²) in [6, 6.07) is 2.39. The Morgan fingerprint density at radius 3 is 2.68 bits per heavy atom. The van der Waals surface area contributed by atoms with E-state index in [-0.39, 0.29) is 28.8 Å². The predicted octanol–water partition coefficient (Wildman–Crippen LogP) is 2.54. The first kappa shape index (κ1) is 16.7. The number of hydrogen-bond donors (Lipinski definition) is 2. The van der Waals surface area contributed by atoms with Gasteiger partial charge in [0.2, 0.25) is 5.91 Å². The van der Waals surface area contributed by atoms with Crippen LogP contribution >= 0.6 is 11.6 Å². The van der Waals surface area contributed by atoms with Gasteiger partial charge in [-0.1, -0.05) is 17.7 Å². The number of rotatable bonds is 5. The van der Waals surface area contributed by atoms with E-state index in [2.05, 4.69) is 5.32 Å². The third-order valence-corrected chi connectivity index (χ3v) is 3.95. The first-order valence-electron chi connectivity index (χ1n) is 7.02. The van der Waals surface area contributed by atoms with Gasteiger partial charge >= 0.3 is 5.97 Å². The van der Waals surface area contributed by atoms with Gasteiger partial charge in [-0.15, -0.1) is 0 Å². The quantitative estimate of drug-likeness (QED) is 0.870. The molecule has 2 N–H and O–H groups in total. The third-order valence-electron chi connectivity index (χ3n) is 3.64. The summed E-state index contributed by atoms with van der Waals surface area (Å²) >= 11 is 5.58. The van der Waals surface area contributed by atoms with Crippen molar-refractivity contribution in [2.75, 3.05) is 13.2 Å². The normalized spacial score (nSPS) is 17.0. The molecule has 1 atom stereocenters. The minimum atomic E-state index is -1.29. The lowest BCUT2D eigenvalue weighted by atomic mass is 9.96. The Morgan fingerprint density at radius 1 is 1.41 bits per heavy atom. The number of benzene rings is 1. The van der Waals surface area contributed by atoms with E-state index in [9.17, 15) is 19.1 Å². The summed E-state index contributed by atoms with van der Waals surface area (Å²) in [4.78, 5) is 23.3. The van der Waals surface area contributed by atoms with Gasteiger partial charge in [0.15, 0.2) is 6.04 Å². The molecule has 22 heavy (non-hydrogen) atoms. The lowest BCUT2D eigenvalue weighted by molar-refractivity contribution is -0.142. The van der Waals surface area contributed by atoms with Crippen LogP contribution in [0, 0.1) is 11.7 Å². The Kier molecular flexibility index (Phi) is 5.74. The maximum absolute atomic E-state index is 13.5. The molecule has 5 nitrogen and oxygen atoms in total. The number of nitrogens with one attached hydrogen (secondary N) is 1. The fourth-order valence-electron chi connectivity index (χ4n) is 2.41. The van der Waals surface area contributed by atoms with Crippen LogP contribution in [0.15, 0.2) is 18.2 Å². The van der Waals surface area contributed by atoms with Gasteiger partial charge in [0.25, 0.3) is 0 Å². The monoisotopic (exact) mass is 329 g/mol. The van der Waals surface area contributed by atoms with E-state index in [1.807, 2.05) is 0 Å². The molecule has 0 aliphatic carbocycles. The summed E-state index contributed by atoms with van der Waals surface area (Å²) in [5.41, 5.74) is 0.148. The molecule has 1 unspecified atom stereocenters. The van der Waals surface area contributed by atoms with Crippen molar-refractivity contribution in [2.45, 2.75) is 25.3 Å². The SMILES string of the molecule is O=C(CC1CCOCC1)NC(C(=O)O)c1ccc(Cl)c(F)c1. The number of aliphatic carboxylic acids is 1. The van der Waals surface area contributed by atoms with Crippen LogP contribution in [0.2, 0.25) is 5.02 Å². The molecule has 0 aromatic heterocycles. The van der Waals surface area contributed by atoms with E-state index >= 15 is 0 Å². The molecule has 0 spiro atoms. The maximum atomic E-state index is 13.5.